The molecular formula is C12H12N2O3. The zero-order chi connectivity index (χ0) is 12.3. The van der Waals surface area contributed by atoms with Crippen LogP contribution in [0, 0.1) is 0 Å². The van der Waals surface area contributed by atoms with Crippen LogP contribution in [0.25, 0.3) is 11.3 Å². The number of aromatic nitrogens is 2. The highest BCUT2D eigenvalue weighted by Gasteiger charge is 2.11. The fraction of sp³-hybridized carbons (Fsp3) is 0.167. The fourth-order valence-corrected chi connectivity index (χ4v) is 1.49. The monoisotopic (exact) mass is 232 g/mol. The number of hydrogen-bond donors (Lipinski definition) is 1. The molecule has 5 nitrogen and oxygen atoms in total. The highest BCUT2D eigenvalue weighted by molar-refractivity contribution is 5.72. The molecule has 1 heterocycles. The van der Waals surface area contributed by atoms with E-state index >= 15 is 0 Å². The van der Waals surface area contributed by atoms with Crippen LogP contribution in [0.2, 0.25) is 0 Å². The van der Waals surface area contributed by atoms with Crippen LogP contribution in [0.5, 0.6) is 0 Å². The van der Waals surface area contributed by atoms with E-state index in [1.165, 1.54) is 6.20 Å². The molecule has 0 atom stereocenters. The standard InChI is InChI=1S/C12H12N2O3/c1-2-17-12(16)14-8-10(13-11(14)15)9-6-4-3-5-7-9/h3-8H,2H2,1H3,(H,13,15). The molecule has 0 unspecified atom stereocenters. The Morgan fingerprint density at radius 1 is 1.35 bits per heavy atom. The van der Waals surface area contributed by atoms with Gasteiger partial charge in [0.1, 0.15) is 0 Å². The lowest BCUT2D eigenvalue weighted by Gasteiger charge is -1.99. The Hall–Kier alpha value is -2.30. The summed E-state index contributed by atoms with van der Waals surface area (Å²) in [5.74, 6) is 0. The zero-order valence-electron chi connectivity index (χ0n) is 9.34. The first-order valence-corrected chi connectivity index (χ1v) is 5.26. The van der Waals surface area contributed by atoms with Gasteiger partial charge in [-0.1, -0.05) is 30.3 Å². The van der Waals surface area contributed by atoms with E-state index in [2.05, 4.69) is 4.98 Å². The minimum atomic E-state index is -0.670. The summed E-state index contributed by atoms with van der Waals surface area (Å²) in [4.78, 5) is 25.6. The van der Waals surface area contributed by atoms with Gasteiger partial charge in [0, 0.05) is 6.20 Å². The highest BCUT2D eigenvalue weighted by Crippen LogP contribution is 2.14. The molecule has 0 aliphatic carbocycles. The molecule has 0 aliphatic heterocycles. The van der Waals surface area contributed by atoms with Crippen LogP contribution in [0.3, 0.4) is 0 Å². The van der Waals surface area contributed by atoms with Gasteiger partial charge < -0.3 is 9.72 Å². The summed E-state index contributed by atoms with van der Waals surface area (Å²) in [6, 6.07) is 9.29. The molecule has 0 aliphatic rings. The van der Waals surface area contributed by atoms with Crippen LogP contribution >= 0.6 is 0 Å². The number of benzene rings is 1. The molecule has 0 spiro atoms. The lowest BCUT2D eigenvalue weighted by Crippen LogP contribution is -2.24. The van der Waals surface area contributed by atoms with Crippen LogP contribution < -0.4 is 5.69 Å². The van der Waals surface area contributed by atoms with Crippen molar-refractivity contribution in [3.8, 4) is 11.3 Å². The predicted molar refractivity (Wildman–Crippen MR) is 62.9 cm³/mol. The summed E-state index contributed by atoms with van der Waals surface area (Å²) in [5, 5.41) is 0. The van der Waals surface area contributed by atoms with E-state index in [1.54, 1.807) is 6.92 Å². The van der Waals surface area contributed by atoms with Crippen LogP contribution in [0.4, 0.5) is 4.79 Å². The number of carbonyl (C=O) groups excluding carboxylic acids is 1. The van der Waals surface area contributed by atoms with Crippen molar-refractivity contribution in [1.82, 2.24) is 9.55 Å². The number of aromatic amines is 1. The molecule has 17 heavy (non-hydrogen) atoms. The SMILES string of the molecule is CCOC(=O)n1cc(-c2ccccc2)[nH]c1=O. The van der Waals surface area contributed by atoms with Crippen molar-refractivity contribution < 1.29 is 9.53 Å². The van der Waals surface area contributed by atoms with Crippen LogP contribution in [-0.4, -0.2) is 22.3 Å². The molecule has 1 aromatic heterocycles. The number of hydrogen-bond acceptors (Lipinski definition) is 3. The van der Waals surface area contributed by atoms with Crippen molar-refractivity contribution in [1.29, 1.82) is 0 Å². The Kier molecular flexibility index (Phi) is 3.09. The van der Waals surface area contributed by atoms with Gasteiger partial charge in [0.2, 0.25) is 0 Å². The Labute approximate surface area is 97.7 Å². The first-order chi connectivity index (χ1) is 8.22. The van der Waals surface area contributed by atoms with E-state index in [0.717, 1.165) is 10.1 Å². The molecule has 2 rings (SSSR count). The Morgan fingerprint density at radius 3 is 2.71 bits per heavy atom. The van der Waals surface area contributed by atoms with Crippen molar-refractivity contribution in [2.45, 2.75) is 6.92 Å². The van der Waals surface area contributed by atoms with Gasteiger partial charge >= 0.3 is 11.8 Å². The Bertz CT molecular complexity index is 569. The number of nitrogens with zero attached hydrogens (tertiary/aromatic N) is 1. The number of carbonyl (C=O) groups is 1. The van der Waals surface area contributed by atoms with E-state index in [-0.39, 0.29) is 6.61 Å². The molecule has 2 aromatic rings. The molecule has 1 N–H and O–H groups in total. The second-order valence-electron chi connectivity index (χ2n) is 3.41. The van der Waals surface area contributed by atoms with Crippen molar-refractivity contribution in [3.63, 3.8) is 0 Å². The fourth-order valence-electron chi connectivity index (χ4n) is 1.49. The van der Waals surface area contributed by atoms with Gasteiger partial charge in [0.05, 0.1) is 12.3 Å². The second kappa shape index (κ2) is 4.69. The maximum atomic E-state index is 11.5. The van der Waals surface area contributed by atoms with E-state index in [0.29, 0.717) is 5.69 Å². The smallest absolute Gasteiger partial charge is 0.422 e. The molecule has 5 heteroatoms. The van der Waals surface area contributed by atoms with Gasteiger partial charge in [0.25, 0.3) is 0 Å². The maximum Gasteiger partial charge on any atom is 0.422 e. The van der Waals surface area contributed by atoms with Crippen LogP contribution in [-0.2, 0) is 4.74 Å². The number of ether oxygens (including phenoxy) is 1. The Morgan fingerprint density at radius 2 is 2.06 bits per heavy atom. The first kappa shape index (κ1) is 11.2. The molecule has 0 radical (unpaired) electrons. The lowest BCUT2D eigenvalue weighted by atomic mass is 10.2. The van der Waals surface area contributed by atoms with Gasteiger partial charge in [-0.05, 0) is 12.5 Å². The normalized spacial score (nSPS) is 10.2. The summed E-state index contributed by atoms with van der Waals surface area (Å²) >= 11 is 0. The number of H-pyrrole nitrogens is 1. The zero-order valence-corrected chi connectivity index (χ0v) is 9.34. The van der Waals surface area contributed by atoms with Gasteiger partial charge in [-0.3, -0.25) is 0 Å². The molecule has 1 aromatic carbocycles. The lowest BCUT2D eigenvalue weighted by molar-refractivity contribution is 0.153. The molecule has 0 saturated carbocycles. The summed E-state index contributed by atoms with van der Waals surface area (Å²) in [5.41, 5.74) is 0.929. The third-order valence-corrected chi connectivity index (χ3v) is 2.27. The second-order valence-corrected chi connectivity index (χ2v) is 3.41. The first-order valence-electron chi connectivity index (χ1n) is 5.26. The van der Waals surface area contributed by atoms with Gasteiger partial charge in [-0.25, -0.2) is 14.2 Å². The highest BCUT2D eigenvalue weighted by atomic mass is 16.5. The van der Waals surface area contributed by atoms with E-state index in [9.17, 15) is 9.59 Å². The summed E-state index contributed by atoms with van der Waals surface area (Å²) in [7, 11) is 0. The third kappa shape index (κ3) is 2.28. The maximum absolute atomic E-state index is 11.5. The molecule has 0 bridgehead atoms. The molecular weight excluding hydrogens is 220 g/mol. The molecule has 0 saturated heterocycles. The predicted octanol–water partition coefficient (Wildman–Crippen LogP) is 1.85. The third-order valence-electron chi connectivity index (χ3n) is 2.27. The number of nitrogens with one attached hydrogen (secondary N) is 1. The minimum Gasteiger partial charge on any atom is -0.449 e. The van der Waals surface area contributed by atoms with Crippen molar-refractivity contribution in [3.05, 3.63) is 47.0 Å². The van der Waals surface area contributed by atoms with E-state index < -0.39 is 11.8 Å². The molecule has 0 amide bonds. The minimum absolute atomic E-state index is 0.233. The van der Waals surface area contributed by atoms with Gasteiger partial charge in [-0.2, -0.15) is 0 Å². The topological polar surface area (TPSA) is 64.1 Å². The van der Waals surface area contributed by atoms with Crippen molar-refractivity contribution in [2.75, 3.05) is 6.61 Å². The number of rotatable bonds is 2. The quantitative estimate of drug-likeness (QED) is 0.859. The summed E-state index contributed by atoms with van der Waals surface area (Å²) in [6.07, 6.45) is 0.770. The Balaban J connectivity index is 2.38. The van der Waals surface area contributed by atoms with E-state index in [1.807, 2.05) is 30.3 Å². The number of imidazole rings is 1. The molecule has 0 fully saturated rings. The summed E-state index contributed by atoms with van der Waals surface area (Å²) < 4.78 is 5.68. The largest absolute Gasteiger partial charge is 0.449 e. The van der Waals surface area contributed by atoms with Crippen LogP contribution in [0.15, 0.2) is 41.3 Å². The van der Waals surface area contributed by atoms with Gasteiger partial charge in [0.15, 0.2) is 0 Å². The summed E-state index contributed by atoms with van der Waals surface area (Å²) in [6.45, 7) is 1.92. The average Bonchev–Trinajstić information content (AvgIpc) is 2.73. The van der Waals surface area contributed by atoms with E-state index in [4.69, 9.17) is 4.74 Å². The molecule has 88 valence electrons. The van der Waals surface area contributed by atoms with Gasteiger partial charge in [-0.15, -0.1) is 0 Å². The average molecular weight is 232 g/mol. The van der Waals surface area contributed by atoms with Crippen molar-refractivity contribution in [2.24, 2.45) is 0 Å². The van der Waals surface area contributed by atoms with Crippen LogP contribution in [0.1, 0.15) is 6.92 Å². The van der Waals surface area contributed by atoms with Crippen molar-refractivity contribution >= 4 is 6.09 Å².